The Labute approximate surface area is 106 Å². The van der Waals surface area contributed by atoms with Gasteiger partial charge in [-0.05, 0) is 25.2 Å². The van der Waals surface area contributed by atoms with E-state index in [4.69, 9.17) is 5.73 Å². The molecule has 0 saturated carbocycles. The van der Waals surface area contributed by atoms with Crippen molar-refractivity contribution in [2.75, 3.05) is 18.8 Å². The molecule has 1 heterocycles. The molecule has 0 aliphatic carbocycles. The highest BCUT2D eigenvalue weighted by atomic mass is 32.2. The van der Waals surface area contributed by atoms with Gasteiger partial charge in [0.25, 0.3) is 0 Å². The van der Waals surface area contributed by atoms with Crippen LogP contribution in [0.1, 0.15) is 46.0 Å². The SMILES string of the molecule is CC(C)CCS(=O)(=O)N1CCCCCC1CN. The van der Waals surface area contributed by atoms with Gasteiger partial charge in [-0.2, -0.15) is 4.31 Å². The fourth-order valence-corrected chi connectivity index (χ4v) is 4.31. The van der Waals surface area contributed by atoms with Crippen molar-refractivity contribution in [3.63, 3.8) is 0 Å². The largest absolute Gasteiger partial charge is 0.329 e. The second-order valence-corrected chi connectivity index (χ2v) is 7.39. The van der Waals surface area contributed by atoms with Crippen LogP contribution in [-0.2, 0) is 10.0 Å². The van der Waals surface area contributed by atoms with E-state index in [1.54, 1.807) is 4.31 Å². The average molecular weight is 262 g/mol. The van der Waals surface area contributed by atoms with Crippen molar-refractivity contribution in [1.82, 2.24) is 4.31 Å². The lowest BCUT2D eigenvalue weighted by molar-refractivity contribution is 0.327. The summed E-state index contributed by atoms with van der Waals surface area (Å²) in [5.41, 5.74) is 5.71. The molecule has 1 fully saturated rings. The fraction of sp³-hybridized carbons (Fsp3) is 1.00. The molecule has 0 bridgehead atoms. The predicted octanol–water partition coefficient (Wildman–Crippen LogP) is 1.57. The fourth-order valence-electron chi connectivity index (χ4n) is 2.25. The lowest BCUT2D eigenvalue weighted by Crippen LogP contribution is -2.45. The van der Waals surface area contributed by atoms with Gasteiger partial charge >= 0.3 is 0 Å². The molecule has 0 aromatic carbocycles. The molecule has 0 radical (unpaired) electrons. The second-order valence-electron chi connectivity index (χ2n) is 5.35. The summed E-state index contributed by atoms with van der Waals surface area (Å²) in [6.45, 7) is 5.21. The third kappa shape index (κ3) is 4.56. The Morgan fingerprint density at radius 1 is 1.29 bits per heavy atom. The minimum atomic E-state index is -3.11. The summed E-state index contributed by atoms with van der Waals surface area (Å²) >= 11 is 0. The zero-order valence-corrected chi connectivity index (χ0v) is 11.9. The van der Waals surface area contributed by atoms with Crippen molar-refractivity contribution in [3.05, 3.63) is 0 Å². The third-order valence-electron chi connectivity index (χ3n) is 3.41. The van der Waals surface area contributed by atoms with Gasteiger partial charge in [0.2, 0.25) is 10.0 Å². The van der Waals surface area contributed by atoms with E-state index >= 15 is 0 Å². The Balaban J connectivity index is 2.71. The van der Waals surface area contributed by atoms with Crippen LogP contribution in [0.3, 0.4) is 0 Å². The highest BCUT2D eigenvalue weighted by molar-refractivity contribution is 7.89. The van der Waals surface area contributed by atoms with Crippen molar-refractivity contribution >= 4 is 10.0 Å². The number of nitrogens with two attached hydrogens (primary N) is 1. The van der Waals surface area contributed by atoms with E-state index in [-0.39, 0.29) is 11.8 Å². The first kappa shape index (κ1) is 14.9. The zero-order valence-electron chi connectivity index (χ0n) is 11.1. The normalized spacial score (nSPS) is 23.9. The molecule has 2 N–H and O–H groups in total. The minimum absolute atomic E-state index is 0.0228. The Morgan fingerprint density at radius 3 is 2.59 bits per heavy atom. The maximum atomic E-state index is 12.3. The van der Waals surface area contributed by atoms with E-state index in [1.807, 2.05) is 0 Å². The molecule has 17 heavy (non-hydrogen) atoms. The highest BCUT2D eigenvalue weighted by Crippen LogP contribution is 2.20. The van der Waals surface area contributed by atoms with Gasteiger partial charge in [-0.25, -0.2) is 8.42 Å². The Hall–Kier alpha value is -0.130. The van der Waals surface area contributed by atoms with Crippen LogP contribution in [0, 0.1) is 5.92 Å². The molecule has 1 atom stereocenters. The minimum Gasteiger partial charge on any atom is -0.329 e. The van der Waals surface area contributed by atoms with E-state index in [0.717, 1.165) is 32.1 Å². The highest BCUT2D eigenvalue weighted by Gasteiger charge is 2.29. The van der Waals surface area contributed by atoms with Gasteiger partial charge in [0.1, 0.15) is 0 Å². The first-order chi connectivity index (χ1) is 7.97. The van der Waals surface area contributed by atoms with Crippen LogP contribution in [0.15, 0.2) is 0 Å². The number of nitrogens with zero attached hydrogens (tertiary/aromatic N) is 1. The molecule has 102 valence electrons. The lowest BCUT2D eigenvalue weighted by atomic mass is 10.1. The summed E-state index contributed by atoms with van der Waals surface area (Å²) in [6.07, 6.45) is 4.83. The smallest absolute Gasteiger partial charge is 0.214 e. The van der Waals surface area contributed by atoms with Gasteiger partial charge in [-0.15, -0.1) is 0 Å². The molecule has 1 rings (SSSR count). The lowest BCUT2D eigenvalue weighted by Gasteiger charge is -2.28. The van der Waals surface area contributed by atoms with Crippen LogP contribution >= 0.6 is 0 Å². The number of hydrogen-bond donors (Lipinski definition) is 1. The number of sulfonamides is 1. The van der Waals surface area contributed by atoms with Crippen LogP contribution in [-0.4, -0.2) is 37.6 Å². The topological polar surface area (TPSA) is 63.4 Å². The van der Waals surface area contributed by atoms with Crippen LogP contribution in [0.2, 0.25) is 0 Å². The predicted molar refractivity (Wildman–Crippen MR) is 71.3 cm³/mol. The van der Waals surface area contributed by atoms with Crippen molar-refractivity contribution in [2.24, 2.45) is 11.7 Å². The second kappa shape index (κ2) is 6.71. The van der Waals surface area contributed by atoms with Gasteiger partial charge in [0.15, 0.2) is 0 Å². The molecule has 5 heteroatoms. The number of rotatable bonds is 5. The van der Waals surface area contributed by atoms with Gasteiger partial charge in [0, 0.05) is 19.1 Å². The van der Waals surface area contributed by atoms with Crippen LogP contribution in [0.4, 0.5) is 0 Å². The molecule has 4 nitrogen and oxygen atoms in total. The quantitative estimate of drug-likeness (QED) is 0.818. The molecule has 1 aliphatic rings. The summed E-state index contributed by atoms with van der Waals surface area (Å²) in [4.78, 5) is 0. The summed E-state index contributed by atoms with van der Waals surface area (Å²) < 4.78 is 26.2. The van der Waals surface area contributed by atoms with E-state index in [9.17, 15) is 8.42 Å². The molecular formula is C12H26N2O2S. The van der Waals surface area contributed by atoms with Crippen LogP contribution in [0.5, 0.6) is 0 Å². The van der Waals surface area contributed by atoms with Crippen molar-refractivity contribution < 1.29 is 8.42 Å². The van der Waals surface area contributed by atoms with E-state index < -0.39 is 10.0 Å². The molecule has 0 spiro atoms. The Morgan fingerprint density at radius 2 is 2.00 bits per heavy atom. The van der Waals surface area contributed by atoms with Gasteiger partial charge < -0.3 is 5.73 Å². The average Bonchev–Trinajstić information content (AvgIpc) is 2.51. The molecule has 0 amide bonds. The van der Waals surface area contributed by atoms with Gasteiger partial charge in [-0.3, -0.25) is 0 Å². The van der Waals surface area contributed by atoms with E-state index in [1.165, 1.54) is 0 Å². The Bertz CT molecular complexity index is 314. The van der Waals surface area contributed by atoms with E-state index in [0.29, 0.717) is 19.0 Å². The van der Waals surface area contributed by atoms with Gasteiger partial charge in [-0.1, -0.05) is 26.7 Å². The van der Waals surface area contributed by atoms with Crippen LogP contribution < -0.4 is 5.73 Å². The maximum Gasteiger partial charge on any atom is 0.214 e. The third-order valence-corrected chi connectivity index (χ3v) is 5.35. The summed E-state index contributed by atoms with van der Waals surface area (Å²) in [5, 5.41) is 0. The standard InChI is InChI=1S/C12H26N2O2S/c1-11(2)7-9-17(15,16)14-8-5-3-4-6-12(14)10-13/h11-12H,3-10,13H2,1-2H3. The van der Waals surface area contributed by atoms with Crippen molar-refractivity contribution in [1.29, 1.82) is 0 Å². The molecule has 1 unspecified atom stereocenters. The monoisotopic (exact) mass is 262 g/mol. The first-order valence-electron chi connectivity index (χ1n) is 6.67. The first-order valence-corrected chi connectivity index (χ1v) is 8.28. The van der Waals surface area contributed by atoms with Crippen molar-refractivity contribution in [2.45, 2.75) is 52.0 Å². The Kier molecular flexibility index (Phi) is 5.89. The molecule has 1 saturated heterocycles. The molecular weight excluding hydrogens is 236 g/mol. The maximum absolute atomic E-state index is 12.3. The number of hydrogen-bond acceptors (Lipinski definition) is 3. The summed E-state index contributed by atoms with van der Waals surface area (Å²) in [7, 11) is -3.11. The molecule has 1 aliphatic heterocycles. The van der Waals surface area contributed by atoms with E-state index in [2.05, 4.69) is 13.8 Å². The van der Waals surface area contributed by atoms with Crippen molar-refractivity contribution in [3.8, 4) is 0 Å². The molecule has 0 aromatic heterocycles. The van der Waals surface area contributed by atoms with Crippen LogP contribution in [0.25, 0.3) is 0 Å². The molecule has 0 aromatic rings. The summed E-state index contributed by atoms with van der Waals surface area (Å²) in [5.74, 6) is 0.689. The summed E-state index contributed by atoms with van der Waals surface area (Å²) in [6, 6.07) is 0.0228. The van der Waals surface area contributed by atoms with Gasteiger partial charge in [0.05, 0.1) is 5.75 Å². The zero-order chi connectivity index (χ0) is 12.9.